The lowest BCUT2D eigenvalue weighted by Gasteiger charge is -2.30. The number of rotatable bonds is 7. The Hall–Kier alpha value is -3.91. The quantitative estimate of drug-likeness (QED) is 0.482. The van der Waals surface area contributed by atoms with E-state index in [1.807, 2.05) is 30.3 Å². The second kappa shape index (κ2) is 11.0. The minimum atomic E-state index is -3.72. The zero-order valence-electron chi connectivity index (χ0n) is 19.1. The van der Waals surface area contributed by atoms with Gasteiger partial charge in [-0.05, 0) is 60.9 Å². The van der Waals surface area contributed by atoms with Crippen LogP contribution in [0.1, 0.15) is 18.4 Å². The van der Waals surface area contributed by atoms with E-state index in [2.05, 4.69) is 10.0 Å². The van der Waals surface area contributed by atoms with E-state index in [0.29, 0.717) is 37.3 Å². The summed E-state index contributed by atoms with van der Waals surface area (Å²) in [6.45, 7) is 1.02. The molecule has 1 heterocycles. The molecule has 7 nitrogen and oxygen atoms in total. The van der Waals surface area contributed by atoms with Crippen molar-refractivity contribution in [2.24, 2.45) is 5.92 Å². The third-order valence-corrected chi connectivity index (χ3v) is 7.25. The number of para-hydroxylation sites is 1. The molecule has 8 heteroatoms. The Kier molecular flexibility index (Phi) is 7.62. The zero-order chi connectivity index (χ0) is 24.7. The molecule has 1 fully saturated rings. The van der Waals surface area contributed by atoms with Crippen molar-refractivity contribution in [3.63, 3.8) is 0 Å². The van der Waals surface area contributed by atoms with E-state index in [1.165, 1.54) is 12.1 Å². The van der Waals surface area contributed by atoms with E-state index in [1.54, 1.807) is 59.5 Å². The van der Waals surface area contributed by atoms with Crippen molar-refractivity contribution >= 4 is 39.3 Å². The number of sulfonamides is 1. The van der Waals surface area contributed by atoms with Crippen LogP contribution in [0, 0.1) is 5.92 Å². The largest absolute Gasteiger partial charge is 0.339 e. The molecule has 0 bridgehead atoms. The number of amides is 2. The van der Waals surface area contributed by atoms with Gasteiger partial charge in [-0.2, -0.15) is 0 Å². The summed E-state index contributed by atoms with van der Waals surface area (Å²) < 4.78 is 27.6. The number of piperidine rings is 1. The molecule has 1 aliphatic heterocycles. The zero-order valence-corrected chi connectivity index (χ0v) is 19.9. The number of carbonyl (C=O) groups excluding carboxylic acids is 2. The van der Waals surface area contributed by atoms with Crippen LogP contribution in [-0.2, 0) is 19.6 Å². The summed E-state index contributed by atoms with van der Waals surface area (Å²) in [4.78, 5) is 27.0. The van der Waals surface area contributed by atoms with Crippen molar-refractivity contribution in [3.8, 4) is 0 Å². The summed E-state index contributed by atoms with van der Waals surface area (Å²) in [6, 6.07) is 24.3. The topological polar surface area (TPSA) is 95.6 Å². The average Bonchev–Trinajstić information content (AvgIpc) is 2.88. The molecule has 0 spiro atoms. The van der Waals surface area contributed by atoms with Crippen LogP contribution in [0.25, 0.3) is 6.08 Å². The van der Waals surface area contributed by atoms with Gasteiger partial charge >= 0.3 is 0 Å². The number of carbonyl (C=O) groups is 2. The Bertz CT molecular complexity index is 1280. The van der Waals surface area contributed by atoms with E-state index in [4.69, 9.17) is 0 Å². The highest BCUT2D eigenvalue weighted by Gasteiger charge is 2.26. The fourth-order valence-corrected chi connectivity index (χ4v) is 4.94. The second-order valence-electron chi connectivity index (χ2n) is 8.33. The SMILES string of the molecule is O=C(Nc1ccc(S(=O)(=O)Nc2ccccc2)cc1)C1CCN(C(=O)/C=C/c2ccccc2)CC1. The number of hydrogen-bond acceptors (Lipinski definition) is 4. The summed E-state index contributed by atoms with van der Waals surface area (Å²) in [5.41, 5.74) is 1.97. The molecule has 0 unspecified atom stereocenters. The van der Waals surface area contributed by atoms with Crippen molar-refractivity contribution in [2.45, 2.75) is 17.7 Å². The maximum absolute atomic E-state index is 12.7. The first-order chi connectivity index (χ1) is 16.9. The van der Waals surface area contributed by atoms with E-state index in [9.17, 15) is 18.0 Å². The summed E-state index contributed by atoms with van der Waals surface area (Å²) >= 11 is 0. The number of hydrogen-bond donors (Lipinski definition) is 2. The highest BCUT2D eigenvalue weighted by Crippen LogP contribution is 2.22. The van der Waals surface area contributed by atoms with Gasteiger partial charge in [-0.1, -0.05) is 48.5 Å². The number of anilines is 2. The van der Waals surface area contributed by atoms with Crippen molar-refractivity contribution in [3.05, 3.63) is 96.6 Å². The molecule has 0 radical (unpaired) electrons. The Morgan fingerprint density at radius 2 is 1.40 bits per heavy atom. The van der Waals surface area contributed by atoms with Crippen LogP contribution in [0.4, 0.5) is 11.4 Å². The smallest absolute Gasteiger partial charge is 0.261 e. The first kappa shape index (κ1) is 24.2. The van der Waals surface area contributed by atoms with Crippen molar-refractivity contribution in [1.29, 1.82) is 0 Å². The Labute approximate surface area is 205 Å². The van der Waals surface area contributed by atoms with Crippen molar-refractivity contribution in [1.82, 2.24) is 4.90 Å². The Morgan fingerprint density at radius 3 is 2.03 bits per heavy atom. The molecular weight excluding hydrogens is 462 g/mol. The van der Waals surface area contributed by atoms with Gasteiger partial charge in [0, 0.05) is 36.5 Å². The number of benzene rings is 3. The molecule has 0 atom stereocenters. The third-order valence-electron chi connectivity index (χ3n) is 5.85. The summed E-state index contributed by atoms with van der Waals surface area (Å²) in [5.74, 6) is -0.399. The minimum absolute atomic E-state index is 0.0615. The lowest BCUT2D eigenvalue weighted by molar-refractivity contribution is -0.130. The van der Waals surface area contributed by atoms with Crippen LogP contribution in [0.5, 0.6) is 0 Å². The molecule has 0 aromatic heterocycles. The van der Waals surface area contributed by atoms with Gasteiger partial charge in [0.05, 0.1) is 4.90 Å². The maximum atomic E-state index is 12.7. The normalized spacial score (nSPS) is 14.6. The number of likely N-dealkylation sites (tertiary alicyclic amines) is 1. The first-order valence-electron chi connectivity index (χ1n) is 11.4. The lowest BCUT2D eigenvalue weighted by Crippen LogP contribution is -2.40. The highest BCUT2D eigenvalue weighted by molar-refractivity contribution is 7.92. The molecular formula is C27H27N3O4S. The molecule has 3 aromatic carbocycles. The molecule has 1 aliphatic rings. The summed E-state index contributed by atoms with van der Waals surface area (Å²) in [6.07, 6.45) is 4.51. The van der Waals surface area contributed by atoms with Gasteiger partial charge in [0.2, 0.25) is 11.8 Å². The monoisotopic (exact) mass is 489 g/mol. The molecule has 2 N–H and O–H groups in total. The van der Waals surface area contributed by atoms with Gasteiger partial charge in [-0.25, -0.2) is 8.42 Å². The predicted octanol–water partition coefficient (Wildman–Crippen LogP) is 4.38. The Morgan fingerprint density at radius 1 is 0.800 bits per heavy atom. The van der Waals surface area contributed by atoms with Crippen molar-refractivity contribution in [2.75, 3.05) is 23.1 Å². The number of nitrogens with one attached hydrogen (secondary N) is 2. The number of nitrogens with zero attached hydrogens (tertiary/aromatic N) is 1. The van der Waals surface area contributed by atoms with Gasteiger partial charge in [0.1, 0.15) is 0 Å². The molecule has 1 saturated heterocycles. The highest BCUT2D eigenvalue weighted by atomic mass is 32.2. The van der Waals surface area contributed by atoms with E-state index in [-0.39, 0.29) is 22.6 Å². The maximum Gasteiger partial charge on any atom is 0.261 e. The molecule has 2 amide bonds. The van der Waals surface area contributed by atoms with Crippen LogP contribution in [0.2, 0.25) is 0 Å². The molecule has 180 valence electrons. The van der Waals surface area contributed by atoms with Crippen LogP contribution in [0.15, 0.2) is 95.9 Å². The van der Waals surface area contributed by atoms with Gasteiger partial charge in [-0.3, -0.25) is 14.3 Å². The third kappa shape index (κ3) is 6.58. The fourth-order valence-electron chi connectivity index (χ4n) is 3.88. The van der Waals surface area contributed by atoms with Crippen LogP contribution in [-0.4, -0.2) is 38.2 Å². The lowest BCUT2D eigenvalue weighted by atomic mass is 9.95. The molecule has 35 heavy (non-hydrogen) atoms. The van der Waals surface area contributed by atoms with Crippen LogP contribution >= 0.6 is 0 Å². The standard InChI is InChI=1S/C27H27N3O4S/c31-26(16-11-21-7-3-1-4-8-21)30-19-17-22(18-20-30)27(32)28-23-12-14-25(15-13-23)35(33,34)29-24-9-5-2-6-10-24/h1-16,22,29H,17-20H2,(H,28,32)/b16-11+. The second-order valence-corrected chi connectivity index (χ2v) is 10.0. The summed E-state index contributed by atoms with van der Waals surface area (Å²) in [7, 11) is -3.72. The molecule has 0 saturated carbocycles. The molecule has 4 rings (SSSR count). The first-order valence-corrected chi connectivity index (χ1v) is 12.9. The van der Waals surface area contributed by atoms with Gasteiger partial charge < -0.3 is 10.2 Å². The minimum Gasteiger partial charge on any atom is -0.339 e. The van der Waals surface area contributed by atoms with Gasteiger partial charge in [0.15, 0.2) is 0 Å². The predicted molar refractivity (Wildman–Crippen MR) is 137 cm³/mol. The molecule has 3 aromatic rings. The van der Waals surface area contributed by atoms with Crippen LogP contribution < -0.4 is 10.0 Å². The molecule has 0 aliphatic carbocycles. The average molecular weight is 490 g/mol. The van der Waals surface area contributed by atoms with Crippen molar-refractivity contribution < 1.29 is 18.0 Å². The Balaban J connectivity index is 1.28. The van der Waals surface area contributed by atoms with Gasteiger partial charge in [0.25, 0.3) is 10.0 Å². The summed E-state index contributed by atoms with van der Waals surface area (Å²) in [5, 5.41) is 2.86. The van der Waals surface area contributed by atoms with E-state index < -0.39 is 10.0 Å². The van der Waals surface area contributed by atoms with Crippen LogP contribution in [0.3, 0.4) is 0 Å². The fraction of sp³-hybridized carbons (Fsp3) is 0.185. The van der Waals surface area contributed by atoms with E-state index >= 15 is 0 Å². The van der Waals surface area contributed by atoms with Gasteiger partial charge in [-0.15, -0.1) is 0 Å². The van der Waals surface area contributed by atoms with E-state index in [0.717, 1.165) is 5.56 Å².